The minimum absolute atomic E-state index is 0.0382. The number of amides is 6. The average molecular weight is 1240 g/mol. The first-order chi connectivity index (χ1) is 40.5. The molecule has 0 saturated heterocycles. The molecule has 0 bridgehead atoms. The van der Waals surface area contributed by atoms with Gasteiger partial charge in [-0.25, -0.2) is 19.4 Å². The molecule has 6 amide bonds. The Morgan fingerprint density at radius 3 is 1.62 bits per heavy atom. The number of nitrogens with two attached hydrogens (primary N) is 1. The molecule has 4 heterocycles. The van der Waals surface area contributed by atoms with Crippen LogP contribution in [-0.2, 0) is 23.2 Å². The van der Waals surface area contributed by atoms with Crippen molar-refractivity contribution in [3.05, 3.63) is 83.2 Å². The van der Waals surface area contributed by atoms with Crippen LogP contribution in [0, 0.1) is 11.8 Å². The topological polar surface area (TPSA) is 250 Å². The van der Waals surface area contributed by atoms with Crippen molar-refractivity contribution in [1.29, 1.82) is 0 Å². The molecule has 1 aliphatic carbocycles. The molecule has 0 radical (unpaired) electrons. The summed E-state index contributed by atoms with van der Waals surface area (Å²) < 4.78 is 45.0. The number of ether oxygens (including phenoxy) is 5. The van der Waals surface area contributed by atoms with Crippen LogP contribution in [0.4, 0.5) is 26.7 Å². The molecule has 23 heteroatoms. The molecule has 2 unspecified atom stereocenters. The SMILES string of the molecule is COc1cc2c(cc1OCCCOc1cc3c(cc1OC)C(=O)N1C=C(C4CC4)CC1[C@H](O[Si](C)(C)C(C)(C)C)N3C(=O)OC(C)(C)C)N(C(=O)O)[C@@H](O[Si](C)(C)C(C)(C)C)C1CC(c3ccc(NC(=O)[C@H](C)NC(=O)[C@@H](N)C(C)C)cc3)=CN1C2=O. The molecule has 1 fully saturated rings. The van der Waals surface area contributed by atoms with Gasteiger partial charge in [0.05, 0.1) is 68.1 Å². The third-order valence-corrected chi connectivity index (χ3v) is 26.7. The molecular formula is C64H91N7O14Si2. The maximum atomic E-state index is 15.0. The van der Waals surface area contributed by atoms with Crippen molar-refractivity contribution < 1.29 is 66.4 Å². The lowest BCUT2D eigenvalue weighted by Crippen LogP contribution is -2.58. The summed E-state index contributed by atoms with van der Waals surface area (Å²) in [4.78, 5) is 90.1. The highest BCUT2D eigenvalue weighted by atomic mass is 28.4. The van der Waals surface area contributed by atoms with Crippen LogP contribution in [0.2, 0.25) is 36.3 Å². The number of anilines is 3. The maximum Gasteiger partial charge on any atom is 0.417 e. The summed E-state index contributed by atoms with van der Waals surface area (Å²) in [5.74, 6) is -0.497. The lowest BCUT2D eigenvalue weighted by atomic mass is 10.0. The van der Waals surface area contributed by atoms with E-state index in [0.717, 1.165) is 34.5 Å². The van der Waals surface area contributed by atoms with Gasteiger partial charge in [0.15, 0.2) is 52.1 Å². The molecule has 21 nitrogen and oxygen atoms in total. The van der Waals surface area contributed by atoms with Crippen LogP contribution in [0.3, 0.4) is 0 Å². The Morgan fingerprint density at radius 2 is 1.16 bits per heavy atom. The van der Waals surface area contributed by atoms with E-state index in [9.17, 15) is 29.1 Å². The molecular weight excluding hydrogens is 1150 g/mol. The lowest BCUT2D eigenvalue weighted by Gasteiger charge is -2.44. The van der Waals surface area contributed by atoms with E-state index in [0.29, 0.717) is 18.0 Å². The molecule has 474 valence electrons. The number of methoxy groups -OCH3 is 2. The van der Waals surface area contributed by atoms with Crippen LogP contribution in [0.15, 0.2) is 66.5 Å². The van der Waals surface area contributed by atoms with E-state index in [2.05, 4.69) is 65.3 Å². The Hall–Kier alpha value is -6.93. The van der Waals surface area contributed by atoms with Gasteiger partial charge in [-0.1, -0.05) is 67.5 Å². The molecule has 3 aromatic carbocycles. The highest BCUT2D eigenvalue weighted by Crippen LogP contribution is 2.51. The standard InChI is InChI=1S/C64H91N7O14Si2/c1-36(2)53(65)55(73)66-37(3)54(72)67-42-24-22-39(23-25-42)41-28-47-58(84-86(15,16)63(7,8)9)70(60(76)77)45-32-51(49(79-13)30-43(45)56(74)68(47)35-41)81-26-19-27-82-52-33-46-44(31-50(52)80-14)57(75)69-34-40(38-20-21-38)29-48(69)59(85-87(17,18)64(10,11)12)71(46)61(78)83-62(4,5)6/h22-25,30-38,47-48,53,58-59H,19-21,26-29,65H2,1-18H3,(H,66,73)(H,67,72)(H,76,77)/t37-,47?,48?,53-,58-,59-/m0/s1. The van der Waals surface area contributed by atoms with E-state index in [4.69, 9.17) is 38.3 Å². The van der Waals surface area contributed by atoms with Crippen molar-refractivity contribution in [3.8, 4) is 23.0 Å². The van der Waals surface area contributed by atoms with Gasteiger partial charge in [-0.05, 0) is 142 Å². The minimum Gasteiger partial charge on any atom is -0.493 e. The smallest absolute Gasteiger partial charge is 0.417 e. The molecule has 87 heavy (non-hydrogen) atoms. The molecule has 6 atom stereocenters. The van der Waals surface area contributed by atoms with Gasteiger partial charge in [-0.3, -0.25) is 19.2 Å². The molecule has 5 N–H and O–H groups in total. The number of benzene rings is 3. The highest BCUT2D eigenvalue weighted by molar-refractivity contribution is 6.74. The number of rotatable bonds is 19. The summed E-state index contributed by atoms with van der Waals surface area (Å²) in [6.07, 6.45) is 2.73. The van der Waals surface area contributed by atoms with Crippen molar-refractivity contribution in [2.45, 2.75) is 194 Å². The van der Waals surface area contributed by atoms with Gasteiger partial charge in [0.2, 0.25) is 11.8 Å². The molecule has 8 rings (SSSR count). The zero-order chi connectivity index (χ0) is 64.2. The van der Waals surface area contributed by atoms with Crippen LogP contribution >= 0.6 is 0 Å². The first-order valence-corrected chi connectivity index (χ1v) is 35.9. The van der Waals surface area contributed by atoms with Gasteiger partial charge < -0.3 is 63.8 Å². The van der Waals surface area contributed by atoms with Gasteiger partial charge in [0.25, 0.3) is 11.8 Å². The molecule has 3 aromatic rings. The molecule has 4 aliphatic heterocycles. The Bertz CT molecular complexity index is 3210. The highest BCUT2D eigenvalue weighted by Gasteiger charge is 2.54. The first kappa shape index (κ1) is 66.0. The second-order valence-corrected chi connectivity index (χ2v) is 37.3. The fourth-order valence-electron chi connectivity index (χ4n) is 10.5. The number of carboxylic acid groups (broad SMARTS) is 1. The van der Waals surface area contributed by atoms with Gasteiger partial charge >= 0.3 is 12.2 Å². The lowest BCUT2D eigenvalue weighted by molar-refractivity contribution is -0.127. The van der Waals surface area contributed by atoms with Crippen LogP contribution < -0.4 is 45.1 Å². The fourth-order valence-corrected chi connectivity index (χ4v) is 12.9. The van der Waals surface area contributed by atoms with Gasteiger partial charge in [0, 0.05) is 36.6 Å². The first-order valence-electron chi connectivity index (χ1n) is 30.1. The third kappa shape index (κ3) is 14.0. The number of carbonyl (C=O) groups excluding carboxylic acids is 5. The molecule has 0 spiro atoms. The van der Waals surface area contributed by atoms with Crippen LogP contribution in [0.25, 0.3) is 5.57 Å². The monoisotopic (exact) mass is 1240 g/mol. The van der Waals surface area contributed by atoms with Crippen molar-refractivity contribution in [2.24, 2.45) is 17.6 Å². The Labute approximate surface area is 514 Å². The second-order valence-electron chi connectivity index (χ2n) is 27.8. The summed E-state index contributed by atoms with van der Waals surface area (Å²) in [6.45, 7) is 31.6. The van der Waals surface area contributed by atoms with Crippen molar-refractivity contribution in [2.75, 3.05) is 42.5 Å². The van der Waals surface area contributed by atoms with Gasteiger partial charge in [-0.15, -0.1) is 0 Å². The summed E-state index contributed by atoms with van der Waals surface area (Å²) in [7, 11) is -2.51. The Morgan fingerprint density at radius 1 is 0.678 bits per heavy atom. The minimum atomic E-state index is -2.79. The third-order valence-electron chi connectivity index (χ3n) is 17.8. The van der Waals surface area contributed by atoms with E-state index in [-0.39, 0.29) is 93.5 Å². The fraction of sp³-hybridized carbons (Fsp3) is 0.562. The molecule has 5 aliphatic rings. The summed E-state index contributed by atoms with van der Waals surface area (Å²) >= 11 is 0. The number of nitrogens with zero attached hydrogens (tertiary/aromatic N) is 4. The van der Waals surface area contributed by atoms with Crippen molar-refractivity contribution >= 4 is 75.1 Å². The molecule has 0 aromatic heterocycles. The zero-order valence-corrected chi connectivity index (χ0v) is 56.0. The number of hydrogen-bond acceptors (Lipinski definition) is 14. The number of nitrogens with one attached hydrogen (secondary N) is 2. The van der Waals surface area contributed by atoms with E-state index in [1.54, 1.807) is 80.1 Å². The van der Waals surface area contributed by atoms with Crippen LogP contribution in [0.1, 0.15) is 141 Å². The normalized spacial score (nSPS) is 20.5. The van der Waals surface area contributed by atoms with Crippen molar-refractivity contribution in [1.82, 2.24) is 15.1 Å². The predicted octanol–water partition coefficient (Wildman–Crippen LogP) is 11.7. The van der Waals surface area contributed by atoms with E-state index in [1.165, 1.54) is 31.3 Å². The van der Waals surface area contributed by atoms with Gasteiger partial charge in [-0.2, -0.15) is 0 Å². The van der Waals surface area contributed by atoms with E-state index in [1.807, 2.05) is 33.1 Å². The van der Waals surface area contributed by atoms with Crippen LogP contribution in [0.5, 0.6) is 23.0 Å². The Kier molecular flexibility index (Phi) is 18.9. The van der Waals surface area contributed by atoms with E-state index >= 15 is 4.79 Å². The summed E-state index contributed by atoms with van der Waals surface area (Å²) in [6, 6.07) is 10.3. The largest absolute Gasteiger partial charge is 0.493 e. The number of hydrogen-bond donors (Lipinski definition) is 4. The molecule has 1 saturated carbocycles. The van der Waals surface area contributed by atoms with Crippen LogP contribution in [-0.4, -0.2) is 137 Å². The maximum absolute atomic E-state index is 15.0. The van der Waals surface area contributed by atoms with Gasteiger partial charge in [0.1, 0.15) is 11.6 Å². The predicted molar refractivity (Wildman–Crippen MR) is 338 cm³/mol. The number of carbonyl (C=O) groups is 6. The Balaban J connectivity index is 1.06. The average Bonchev–Trinajstić information content (AvgIpc) is 2.52. The summed E-state index contributed by atoms with van der Waals surface area (Å²) in [5.41, 5.74) is 8.79. The van der Waals surface area contributed by atoms with E-state index < -0.39 is 88.8 Å². The summed E-state index contributed by atoms with van der Waals surface area (Å²) in [5, 5.41) is 16.2. The quantitative estimate of drug-likeness (QED) is 0.0643. The van der Waals surface area contributed by atoms with Crippen molar-refractivity contribution in [3.63, 3.8) is 0 Å². The number of fused-ring (bicyclic) bond motifs is 4. The second kappa shape index (κ2) is 24.9. The zero-order valence-electron chi connectivity index (χ0n) is 54.0.